The molecule has 0 fully saturated rings. The average Bonchev–Trinajstić information content (AvgIpc) is 2.15. The van der Waals surface area contributed by atoms with Gasteiger partial charge in [0.15, 0.2) is 0 Å². The second-order valence-corrected chi connectivity index (χ2v) is 3.17. The maximum atomic E-state index is 10.8. The van der Waals surface area contributed by atoms with Crippen molar-refractivity contribution in [3.8, 4) is 6.07 Å². The van der Waals surface area contributed by atoms with Gasteiger partial charge in [-0.05, 0) is 12.5 Å². The fraction of sp³-hybridized carbons (Fsp3) is 0.273. The van der Waals surface area contributed by atoms with Gasteiger partial charge in [0, 0.05) is 6.92 Å². The van der Waals surface area contributed by atoms with E-state index in [1.165, 1.54) is 6.92 Å². The first kappa shape index (κ1) is 10.3. The van der Waals surface area contributed by atoms with Crippen molar-refractivity contribution in [1.82, 2.24) is 5.32 Å². The number of nitrogens with zero attached hydrogens (tertiary/aromatic N) is 1. The molecule has 0 saturated carbocycles. The van der Waals surface area contributed by atoms with Crippen LogP contribution in [-0.2, 0) is 4.79 Å². The molecule has 0 radical (unpaired) electrons. The van der Waals surface area contributed by atoms with E-state index < -0.39 is 6.04 Å². The van der Waals surface area contributed by atoms with E-state index in [1.54, 1.807) is 0 Å². The van der Waals surface area contributed by atoms with Crippen LogP contribution in [0.15, 0.2) is 24.3 Å². The zero-order valence-electron chi connectivity index (χ0n) is 8.24. The molecule has 0 aromatic heterocycles. The highest BCUT2D eigenvalue weighted by Gasteiger charge is 2.10. The van der Waals surface area contributed by atoms with Crippen molar-refractivity contribution in [3.63, 3.8) is 0 Å². The third-order valence-electron chi connectivity index (χ3n) is 1.89. The van der Waals surface area contributed by atoms with E-state index in [0.717, 1.165) is 11.1 Å². The summed E-state index contributed by atoms with van der Waals surface area (Å²) in [5.41, 5.74) is 1.95. The molecule has 0 heterocycles. The van der Waals surface area contributed by atoms with E-state index in [2.05, 4.69) is 5.32 Å². The lowest BCUT2D eigenvalue weighted by Gasteiger charge is -2.09. The summed E-state index contributed by atoms with van der Waals surface area (Å²) in [6, 6.07) is 9.02. The van der Waals surface area contributed by atoms with Crippen LogP contribution in [0.5, 0.6) is 0 Å². The third kappa shape index (κ3) is 2.60. The standard InChI is InChI=1S/C11H12N2O/c1-8-3-5-10(6-4-8)11(7-12)13-9(2)14/h3-6,11H,1-2H3,(H,13,14). The Morgan fingerprint density at radius 1 is 1.43 bits per heavy atom. The van der Waals surface area contributed by atoms with Crippen LogP contribution in [0.2, 0.25) is 0 Å². The Balaban J connectivity index is 2.85. The monoisotopic (exact) mass is 188 g/mol. The van der Waals surface area contributed by atoms with Gasteiger partial charge in [0.25, 0.3) is 0 Å². The van der Waals surface area contributed by atoms with Gasteiger partial charge in [-0.1, -0.05) is 29.8 Å². The minimum Gasteiger partial charge on any atom is -0.337 e. The van der Waals surface area contributed by atoms with Crippen LogP contribution < -0.4 is 5.32 Å². The van der Waals surface area contributed by atoms with Gasteiger partial charge < -0.3 is 5.32 Å². The van der Waals surface area contributed by atoms with Gasteiger partial charge in [0.1, 0.15) is 6.04 Å². The number of amides is 1. The SMILES string of the molecule is CC(=O)NC(C#N)c1ccc(C)cc1. The van der Waals surface area contributed by atoms with Crippen molar-refractivity contribution in [3.05, 3.63) is 35.4 Å². The number of hydrogen-bond donors (Lipinski definition) is 1. The van der Waals surface area contributed by atoms with Gasteiger partial charge in [-0.2, -0.15) is 5.26 Å². The zero-order chi connectivity index (χ0) is 10.6. The maximum absolute atomic E-state index is 10.8. The summed E-state index contributed by atoms with van der Waals surface area (Å²) in [7, 11) is 0. The molecule has 1 amide bonds. The number of nitrogens with one attached hydrogen (secondary N) is 1. The number of benzene rings is 1. The van der Waals surface area contributed by atoms with E-state index >= 15 is 0 Å². The number of carbonyl (C=O) groups excluding carboxylic acids is 1. The Kier molecular flexibility index (Phi) is 3.24. The minimum atomic E-state index is -0.548. The number of hydrogen-bond acceptors (Lipinski definition) is 2. The van der Waals surface area contributed by atoms with Gasteiger partial charge in [0.05, 0.1) is 6.07 Å². The van der Waals surface area contributed by atoms with E-state index in [0.29, 0.717) is 0 Å². The molecule has 0 aliphatic rings. The summed E-state index contributed by atoms with van der Waals surface area (Å²) in [5.74, 6) is -0.197. The number of aryl methyl sites for hydroxylation is 1. The van der Waals surface area contributed by atoms with Gasteiger partial charge in [-0.3, -0.25) is 4.79 Å². The summed E-state index contributed by atoms with van der Waals surface area (Å²) in [6.45, 7) is 3.38. The highest BCUT2D eigenvalue weighted by atomic mass is 16.1. The molecule has 0 bridgehead atoms. The average molecular weight is 188 g/mol. The Morgan fingerprint density at radius 3 is 2.43 bits per heavy atom. The van der Waals surface area contributed by atoms with Crippen LogP contribution in [-0.4, -0.2) is 5.91 Å². The van der Waals surface area contributed by atoms with Crippen molar-refractivity contribution in [2.75, 3.05) is 0 Å². The highest BCUT2D eigenvalue weighted by molar-refractivity contribution is 5.73. The fourth-order valence-electron chi connectivity index (χ4n) is 1.15. The van der Waals surface area contributed by atoms with Crippen molar-refractivity contribution < 1.29 is 4.79 Å². The van der Waals surface area contributed by atoms with Crippen LogP contribution in [0.3, 0.4) is 0 Å². The van der Waals surface area contributed by atoms with E-state index in [-0.39, 0.29) is 5.91 Å². The summed E-state index contributed by atoms with van der Waals surface area (Å²) in [4.78, 5) is 10.8. The molecule has 1 aromatic carbocycles. The largest absolute Gasteiger partial charge is 0.337 e. The van der Waals surface area contributed by atoms with Crippen molar-refractivity contribution >= 4 is 5.91 Å². The predicted molar refractivity (Wildman–Crippen MR) is 53.3 cm³/mol. The van der Waals surface area contributed by atoms with Gasteiger partial charge in [-0.15, -0.1) is 0 Å². The first-order chi connectivity index (χ1) is 6.63. The number of carbonyl (C=O) groups is 1. The van der Waals surface area contributed by atoms with Crippen LogP contribution >= 0.6 is 0 Å². The molecule has 14 heavy (non-hydrogen) atoms. The van der Waals surface area contributed by atoms with E-state index in [1.807, 2.05) is 37.3 Å². The zero-order valence-corrected chi connectivity index (χ0v) is 8.24. The Morgan fingerprint density at radius 2 is 2.00 bits per heavy atom. The molecular formula is C11H12N2O. The normalized spacial score (nSPS) is 11.5. The topological polar surface area (TPSA) is 52.9 Å². The molecule has 0 spiro atoms. The Labute approximate surface area is 83.4 Å². The van der Waals surface area contributed by atoms with Gasteiger partial charge in [-0.25, -0.2) is 0 Å². The predicted octanol–water partition coefficient (Wildman–Crippen LogP) is 1.70. The lowest BCUT2D eigenvalue weighted by molar-refractivity contribution is -0.119. The first-order valence-electron chi connectivity index (χ1n) is 4.37. The minimum absolute atomic E-state index is 0.197. The summed E-state index contributed by atoms with van der Waals surface area (Å²) >= 11 is 0. The molecule has 1 unspecified atom stereocenters. The smallest absolute Gasteiger partial charge is 0.218 e. The molecule has 0 aliphatic heterocycles. The second-order valence-electron chi connectivity index (χ2n) is 3.17. The first-order valence-corrected chi connectivity index (χ1v) is 4.37. The lowest BCUT2D eigenvalue weighted by Crippen LogP contribution is -2.24. The Hall–Kier alpha value is -1.82. The fourth-order valence-corrected chi connectivity index (χ4v) is 1.15. The lowest BCUT2D eigenvalue weighted by atomic mass is 10.1. The van der Waals surface area contributed by atoms with Crippen molar-refractivity contribution in [2.45, 2.75) is 19.9 Å². The molecule has 1 atom stereocenters. The van der Waals surface area contributed by atoms with Crippen LogP contribution in [0.25, 0.3) is 0 Å². The molecule has 1 N–H and O–H groups in total. The van der Waals surface area contributed by atoms with E-state index in [9.17, 15) is 4.79 Å². The molecule has 3 heteroatoms. The molecule has 1 aromatic rings. The number of rotatable bonds is 2. The summed E-state index contributed by atoms with van der Waals surface area (Å²) in [5, 5.41) is 11.4. The molecule has 3 nitrogen and oxygen atoms in total. The van der Waals surface area contributed by atoms with Crippen molar-refractivity contribution in [1.29, 1.82) is 5.26 Å². The quantitative estimate of drug-likeness (QED) is 0.767. The van der Waals surface area contributed by atoms with Crippen molar-refractivity contribution in [2.24, 2.45) is 0 Å². The molecular weight excluding hydrogens is 176 g/mol. The molecule has 1 rings (SSSR count). The van der Waals surface area contributed by atoms with Gasteiger partial charge in [0.2, 0.25) is 5.91 Å². The number of nitriles is 1. The summed E-state index contributed by atoms with van der Waals surface area (Å²) < 4.78 is 0. The summed E-state index contributed by atoms with van der Waals surface area (Å²) in [6.07, 6.45) is 0. The maximum Gasteiger partial charge on any atom is 0.218 e. The highest BCUT2D eigenvalue weighted by Crippen LogP contribution is 2.12. The Bertz CT molecular complexity index is 362. The van der Waals surface area contributed by atoms with Crippen LogP contribution in [0.1, 0.15) is 24.1 Å². The molecule has 0 aliphatic carbocycles. The van der Waals surface area contributed by atoms with Crippen LogP contribution in [0, 0.1) is 18.3 Å². The van der Waals surface area contributed by atoms with Crippen LogP contribution in [0.4, 0.5) is 0 Å². The second kappa shape index (κ2) is 4.43. The molecule has 0 saturated heterocycles. The molecule has 72 valence electrons. The third-order valence-corrected chi connectivity index (χ3v) is 1.89. The van der Waals surface area contributed by atoms with Gasteiger partial charge >= 0.3 is 0 Å². The van der Waals surface area contributed by atoms with E-state index in [4.69, 9.17) is 5.26 Å².